The highest BCUT2D eigenvalue weighted by Gasteiger charge is 2.36. The first-order valence-electron chi connectivity index (χ1n) is 12.9. The molecule has 2 N–H and O–H groups in total. The summed E-state index contributed by atoms with van der Waals surface area (Å²) in [6, 6.07) is 13.8. The smallest absolute Gasteiger partial charge is 0.352 e. The summed E-state index contributed by atoms with van der Waals surface area (Å²) in [5.74, 6) is -1.46. The van der Waals surface area contributed by atoms with Crippen molar-refractivity contribution in [1.82, 2.24) is 25.2 Å². The minimum Gasteiger partial charge on any atom is -0.352 e. The first kappa shape index (κ1) is 26.0. The van der Waals surface area contributed by atoms with Gasteiger partial charge in [-0.15, -0.1) is 5.06 Å². The van der Waals surface area contributed by atoms with Crippen molar-refractivity contribution in [1.29, 1.82) is 0 Å². The van der Waals surface area contributed by atoms with E-state index in [9.17, 15) is 13.6 Å². The van der Waals surface area contributed by atoms with Gasteiger partial charge in [0, 0.05) is 44.3 Å². The Bertz CT molecular complexity index is 1280. The van der Waals surface area contributed by atoms with Crippen molar-refractivity contribution >= 4 is 12.0 Å². The zero-order valence-electron chi connectivity index (χ0n) is 21.5. The topological polar surface area (TPSA) is 82.6 Å². The van der Waals surface area contributed by atoms with Crippen LogP contribution in [-0.2, 0) is 24.3 Å². The van der Waals surface area contributed by atoms with Crippen molar-refractivity contribution < 1.29 is 18.4 Å². The van der Waals surface area contributed by atoms with Gasteiger partial charge in [0.25, 0.3) is 0 Å². The fraction of sp³-hybridized carbons (Fsp3) is 0.393. The van der Waals surface area contributed by atoms with Gasteiger partial charge in [0.2, 0.25) is 5.95 Å². The molecule has 2 aliphatic heterocycles. The fourth-order valence-electron chi connectivity index (χ4n) is 5.06. The summed E-state index contributed by atoms with van der Waals surface area (Å²) in [6.07, 6.45) is 1.90. The van der Waals surface area contributed by atoms with E-state index >= 15 is 0 Å². The van der Waals surface area contributed by atoms with Crippen LogP contribution in [0.5, 0.6) is 0 Å². The van der Waals surface area contributed by atoms with Crippen LogP contribution in [0.3, 0.4) is 0 Å². The number of nitrogens with zero attached hydrogens (tertiary/aromatic N) is 4. The number of hydrogen-bond donors (Lipinski definition) is 2. The van der Waals surface area contributed by atoms with Crippen molar-refractivity contribution in [2.45, 2.75) is 51.4 Å². The molecule has 5 rings (SSSR count). The van der Waals surface area contributed by atoms with Gasteiger partial charge >= 0.3 is 6.09 Å². The van der Waals surface area contributed by atoms with Crippen molar-refractivity contribution in [2.75, 3.05) is 25.0 Å². The second-order valence-electron chi connectivity index (χ2n) is 10.2. The van der Waals surface area contributed by atoms with E-state index in [0.29, 0.717) is 50.7 Å². The first-order chi connectivity index (χ1) is 18.3. The summed E-state index contributed by atoms with van der Waals surface area (Å²) >= 11 is 0. The number of fused-ring (bicyclic) bond motifs is 1. The number of hydroxylamine groups is 2. The molecule has 0 spiro atoms. The summed E-state index contributed by atoms with van der Waals surface area (Å²) in [4.78, 5) is 29.8. The van der Waals surface area contributed by atoms with Crippen LogP contribution in [0.1, 0.15) is 42.1 Å². The number of likely N-dealkylation sites (tertiary alicyclic amines) is 1. The lowest BCUT2D eigenvalue weighted by Crippen LogP contribution is -2.44. The van der Waals surface area contributed by atoms with E-state index in [1.807, 2.05) is 50.4 Å². The predicted octanol–water partition coefficient (Wildman–Crippen LogP) is 4.24. The Labute approximate surface area is 221 Å². The highest BCUT2D eigenvalue weighted by Crippen LogP contribution is 2.30. The van der Waals surface area contributed by atoms with Gasteiger partial charge in [-0.05, 0) is 49.1 Å². The largest absolute Gasteiger partial charge is 0.426 e. The number of anilines is 1. The SMILES string of the molecule is CC(C)Nc1ncc2c(n1)CN(OC(=O)N[C@@H]1CN(Cc3ccccc3)C[C@H]1c1ccc(F)c(F)c1)CC2. The third kappa shape index (κ3) is 6.25. The van der Waals surface area contributed by atoms with E-state index < -0.39 is 17.7 Å². The van der Waals surface area contributed by atoms with Gasteiger partial charge in [0.05, 0.1) is 18.3 Å². The van der Waals surface area contributed by atoms with Crippen LogP contribution >= 0.6 is 0 Å². The molecule has 0 aliphatic carbocycles. The third-order valence-electron chi connectivity index (χ3n) is 6.86. The lowest BCUT2D eigenvalue weighted by Gasteiger charge is -2.28. The number of hydrogen-bond acceptors (Lipinski definition) is 7. The number of amides is 1. The molecule has 0 saturated carbocycles. The normalized spacial score (nSPS) is 19.8. The van der Waals surface area contributed by atoms with Crippen LogP contribution in [-0.4, -0.2) is 57.7 Å². The molecule has 2 atom stereocenters. The number of benzene rings is 2. The van der Waals surface area contributed by atoms with Gasteiger partial charge in [-0.3, -0.25) is 4.90 Å². The molecule has 1 fully saturated rings. The van der Waals surface area contributed by atoms with Gasteiger partial charge in [-0.25, -0.2) is 23.5 Å². The van der Waals surface area contributed by atoms with Gasteiger partial charge < -0.3 is 15.5 Å². The lowest BCUT2D eigenvalue weighted by molar-refractivity contribution is -0.112. The fourth-order valence-corrected chi connectivity index (χ4v) is 5.06. The summed E-state index contributed by atoms with van der Waals surface area (Å²) < 4.78 is 27.7. The van der Waals surface area contributed by atoms with Crippen molar-refractivity contribution in [3.05, 3.63) is 88.7 Å². The molecule has 2 aliphatic rings. The number of nitrogens with one attached hydrogen (secondary N) is 2. The van der Waals surface area contributed by atoms with E-state index in [1.165, 1.54) is 6.07 Å². The maximum Gasteiger partial charge on any atom is 0.426 e. The third-order valence-corrected chi connectivity index (χ3v) is 6.86. The van der Waals surface area contributed by atoms with Crippen LogP contribution in [0.2, 0.25) is 0 Å². The number of carbonyl (C=O) groups excluding carboxylic acids is 1. The van der Waals surface area contributed by atoms with Crippen molar-refractivity contribution in [2.24, 2.45) is 0 Å². The average Bonchev–Trinajstić information content (AvgIpc) is 3.27. The maximum atomic E-state index is 14.1. The number of carbonyl (C=O) groups is 1. The summed E-state index contributed by atoms with van der Waals surface area (Å²) in [5.41, 5.74) is 3.63. The monoisotopic (exact) mass is 522 g/mol. The van der Waals surface area contributed by atoms with Crippen LogP contribution in [0.15, 0.2) is 54.7 Å². The molecular formula is C28H32F2N6O2. The molecule has 2 aromatic carbocycles. The highest BCUT2D eigenvalue weighted by atomic mass is 19.2. The Morgan fingerprint density at radius 3 is 2.71 bits per heavy atom. The highest BCUT2D eigenvalue weighted by molar-refractivity contribution is 5.67. The van der Waals surface area contributed by atoms with Crippen molar-refractivity contribution in [3.8, 4) is 0 Å². The molecule has 3 aromatic rings. The quantitative estimate of drug-likeness (QED) is 0.480. The predicted molar refractivity (Wildman–Crippen MR) is 139 cm³/mol. The average molecular weight is 523 g/mol. The number of halogens is 2. The Hall–Kier alpha value is -3.63. The van der Waals surface area contributed by atoms with E-state index in [-0.39, 0.29) is 18.0 Å². The van der Waals surface area contributed by atoms with Gasteiger partial charge in [0.1, 0.15) is 0 Å². The van der Waals surface area contributed by atoms with Gasteiger partial charge in [0.15, 0.2) is 11.6 Å². The molecule has 0 unspecified atom stereocenters. The molecule has 0 bridgehead atoms. The zero-order valence-corrected chi connectivity index (χ0v) is 21.5. The Kier molecular flexibility index (Phi) is 7.80. The van der Waals surface area contributed by atoms with Gasteiger partial charge in [-0.2, -0.15) is 0 Å². The second kappa shape index (κ2) is 11.4. The molecule has 3 heterocycles. The Balaban J connectivity index is 1.26. The van der Waals surface area contributed by atoms with E-state index in [4.69, 9.17) is 4.84 Å². The Morgan fingerprint density at radius 1 is 1.13 bits per heavy atom. The second-order valence-corrected chi connectivity index (χ2v) is 10.2. The standard InChI is InChI=1S/C28H32F2N6O2/c1-18(2)32-27-31-13-21-10-11-36(17-25(21)33-27)38-28(37)34-26-16-35(14-19-6-4-3-5-7-19)15-22(26)20-8-9-23(29)24(30)12-20/h3-9,12-13,18,22,26H,10-11,14-17H2,1-2H3,(H,34,37)(H,31,32,33)/t22-,26+/m0/s1. The summed E-state index contributed by atoms with van der Waals surface area (Å²) in [7, 11) is 0. The molecule has 1 aromatic heterocycles. The van der Waals surface area contributed by atoms with Gasteiger partial charge in [-0.1, -0.05) is 36.4 Å². The maximum absolute atomic E-state index is 14.1. The molecule has 1 amide bonds. The van der Waals surface area contributed by atoms with E-state index in [2.05, 4.69) is 25.5 Å². The molecule has 38 heavy (non-hydrogen) atoms. The molecule has 1 saturated heterocycles. The summed E-state index contributed by atoms with van der Waals surface area (Å²) in [5, 5.41) is 7.76. The van der Waals surface area contributed by atoms with Crippen LogP contribution < -0.4 is 10.6 Å². The van der Waals surface area contributed by atoms with E-state index in [0.717, 1.165) is 22.9 Å². The summed E-state index contributed by atoms with van der Waals surface area (Å²) in [6.45, 7) is 6.73. The van der Waals surface area contributed by atoms with Crippen LogP contribution in [0, 0.1) is 11.6 Å². The number of aromatic nitrogens is 2. The van der Waals surface area contributed by atoms with Crippen molar-refractivity contribution in [3.63, 3.8) is 0 Å². The molecule has 0 radical (unpaired) electrons. The van der Waals surface area contributed by atoms with Crippen LogP contribution in [0.25, 0.3) is 0 Å². The minimum absolute atomic E-state index is 0.199. The number of rotatable bonds is 7. The molecule has 200 valence electrons. The van der Waals surface area contributed by atoms with E-state index in [1.54, 1.807) is 11.1 Å². The molecule has 10 heteroatoms. The minimum atomic E-state index is -0.898. The molecular weight excluding hydrogens is 490 g/mol. The Morgan fingerprint density at radius 2 is 1.95 bits per heavy atom. The first-order valence-corrected chi connectivity index (χ1v) is 12.9. The lowest BCUT2D eigenvalue weighted by atomic mass is 9.94. The molecule has 8 nitrogen and oxygen atoms in total. The van der Waals surface area contributed by atoms with Crippen LogP contribution in [0.4, 0.5) is 19.5 Å². The zero-order chi connectivity index (χ0) is 26.6.